The summed E-state index contributed by atoms with van der Waals surface area (Å²) in [6.45, 7) is 34.9. The Labute approximate surface area is 581 Å². The van der Waals surface area contributed by atoms with Crippen molar-refractivity contribution in [1.82, 2.24) is 44.5 Å². The molecule has 0 spiro atoms. The van der Waals surface area contributed by atoms with E-state index < -0.39 is 155 Å². The Morgan fingerprint density at radius 2 is 1.03 bits per heavy atom. The molecule has 0 aromatic heterocycles. The molecule has 0 unspecified atom stereocenters. The van der Waals surface area contributed by atoms with Crippen LogP contribution >= 0.6 is 0 Å². The van der Waals surface area contributed by atoms with Crippen molar-refractivity contribution in [2.45, 2.75) is 230 Å². The highest BCUT2D eigenvalue weighted by molar-refractivity contribution is 6.00. The minimum absolute atomic E-state index is 0.0154. The maximum atomic E-state index is 15.5. The van der Waals surface area contributed by atoms with E-state index in [1.165, 1.54) is 92.6 Å². The van der Waals surface area contributed by atoms with Crippen LogP contribution < -0.4 is 5.32 Å². The van der Waals surface area contributed by atoms with E-state index in [0.717, 1.165) is 18.0 Å². The number of ether oxygens (including phenoxy) is 3. The number of hydrogen-bond donors (Lipinski definition) is 1. The van der Waals surface area contributed by atoms with Crippen LogP contribution in [0.3, 0.4) is 0 Å². The van der Waals surface area contributed by atoms with Gasteiger partial charge in [-0.1, -0.05) is 116 Å². The molecule has 0 radical (unpaired) electrons. The quantitative estimate of drug-likeness (QED) is 0.0780. The number of hydrogen-bond acceptors (Lipinski definition) is 16. The molecule has 8 amide bonds. The van der Waals surface area contributed by atoms with Crippen molar-refractivity contribution in [2.75, 3.05) is 95.4 Å². The molecule has 2 rings (SSSR count). The molecule has 0 saturated carbocycles. The van der Waals surface area contributed by atoms with E-state index in [0.29, 0.717) is 26.4 Å². The summed E-state index contributed by atoms with van der Waals surface area (Å²) in [6.07, 6.45) is 2.27. The average Bonchev–Trinajstić information content (AvgIpc) is 0.805. The first-order chi connectivity index (χ1) is 45.1. The molecule has 2 heterocycles. The Morgan fingerprint density at radius 3 is 1.53 bits per heavy atom. The number of likely N-dealkylation sites (N-methyl/N-ethyl adjacent to an activating group) is 7. The SMILES string of the molecule is C/C=C/C[C@@H](C)[C@@H](OC(C)=O)[C@H]1C(=O)N[C@@H](CC)C(=O)N(C)[C@H](C)C(=O)N(C)[C@@H]([C@H](C)COCCN2CCOCC2)C(=O)C[C@@H](C(C)C)C(=O)N(C)[C@@H](CC(C)C)C(=O)C[C@@H](C)C(=O)C[C@H](C)C(=O)N(C)[C@@H](CC(C)C)C(=O)N(C)[C@@H](CC(C)C)C(=O)N(C)[C@@H](C(C)C)C(=O)N1C. The van der Waals surface area contributed by atoms with Gasteiger partial charge in [0, 0.05) is 119 Å². The first-order valence-corrected chi connectivity index (χ1v) is 35.5. The first-order valence-electron chi connectivity index (χ1n) is 35.5. The number of morpholine rings is 1. The van der Waals surface area contributed by atoms with Crippen LogP contribution in [0, 0.1) is 59.2 Å². The van der Waals surface area contributed by atoms with Crippen molar-refractivity contribution in [3.8, 4) is 0 Å². The van der Waals surface area contributed by atoms with Gasteiger partial charge < -0.3 is 53.8 Å². The number of nitrogens with one attached hydrogen (secondary N) is 1. The summed E-state index contributed by atoms with van der Waals surface area (Å²) in [5.41, 5.74) is 0. The van der Waals surface area contributed by atoms with Crippen LogP contribution in [-0.4, -0.2) is 260 Å². The molecule has 0 aliphatic carbocycles. The van der Waals surface area contributed by atoms with Gasteiger partial charge in [-0.2, -0.15) is 0 Å². The lowest BCUT2D eigenvalue weighted by Crippen LogP contribution is -2.64. The van der Waals surface area contributed by atoms with E-state index in [4.69, 9.17) is 14.2 Å². The highest BCUT2D eigenvalue weighted by atomic mass is 16.5. The molecule has 97 heavy (non-hydrogen) atoms. The third-order valence-corrected chi connectivity index (χ3v) is 19.6. The van der Waals surface area contributed by atoms with Gasteiger partial charge in [0.05, 0.1) is 38.5 Å². The summed E-state index contributed by atoms with van der Waals surface area (Å²) < 4.78 is 17.7. The van der Waals surface area contributed by atoms with Gasteiger partial charge in [0.2, 0.25) is 47.3 Å². The van der Waals surface area contributed by atoms with Gasteiger partial charge in [-0.3, -0.25) is 62.4 Å². The molecule has 2 aliphatic rings. The number of Topliss-reactive ketones (excluding diaryl/α,β-unsaturated/α-hetero) is 3. The van der Waals surface area contributed by atoms with E-state index in [1.807, 2.05) is 47.6 Å². The molecule has 24 heteroatoms. The summed E-state index contributed by atoms with van der Waals surface area (Å²) in [7, 11) is 10.2. The molecule has 2 saturated heterocycles. The van der Waals surface area contributed by atoms with Crippen LogP contribution in [0.4, 0.5) is 0 Å². The molecule has 1 N–H and O–H groups in total. The van der Waals surface area contributed by atoms with Crippen molar-refractivity contribution in [2.24, 2.45) is 59.2 Å². The molecule has 0 aromatic carbocycles. The topological polar surface area (TPSA) is 270 Å². The van der Waals surface area contributed by atoms with E-state index >= 15 is 33.6 Å². The molecular weight excluding hydrogens is 1240 g/mol. The fourth-order valence-electron chi connectivity index (χ4n) is 13.3. The highest BCUT2D eigenvalue weighted by Crippen LogP contribution is 2.30. The number of ketones is 3. The van der Waals surface area contributed by atoms with Crippen LogP contribution in [0.1, 0.15) is 176 Å². The van der Waals surface area contributed by atoms with E-state index in [1.54, 1.807) is 75.3 Å². The minimum atomic E-state index is -1.62. The van der Waals surface area contributed by atoms with Gasteiger partial charge in [0.15, 0.2) is 11.6 Å². The Kier molecular flexibility index (Phi) is 36.6. The zero-order chi connectivity index (χ0) is 74.4. The van der Waals surface area contributed by atoms with Crippen LogP contribution in [0.15, 0.2) is 12.2 Å². The second-order valence-electron chi connectivity index (χ2n) is 29.8. The molecular formula is C73H127N9O15. The Bertz CT molecular complexity index is 2680. The third kappa shape index (κ3) is 24.9. The van der Waals surface area contributed by atoms with Crippen LogP contribution in [0.25, 0.3) is 0 Å². The van der Waals surface area contributed by atoms with E-state index in [9.17, 15) is 24.0 Å². The molecule has 554 valence electrons. The summed E-state index contributed by atoms with van der Waals surface area (Å²) in [5, 5.41) is 2.84. The van der Waals surface area contributed by atoms with Gasteiger partial charge in [0.1, 0.15) is 48.1 Å². The zero-order valence-corrected chi connectivity index (χ0v) is 63.9. The minimum Gasteiger partial charge on any atom is -0.459 e. The number of amides is 8. The fourth-order valence-corrected chi connectivity index (χ4v) is 13.3. The number of allylic oxidation sites excluding steroid dienone is 2. The number of carbonyl (C=O) groups excluding carboxylic acids is 12. The largest absolute Gasteiger partial charge is 0.459 e. The number of carbonyl (C=O) groups is 12. The lowest BCUT2D eigenvalue weighted by atomic mass is 9.83. The van der Waals surface area contributed by atoms with Crippen molar-refractivity contribution in [3.05, 3.63) is 12.2 Å². The molecule has 24 nitrogen and oxygen atoms in total. The van der Waals surface area contributed by atoms with Gasteiger partial charge >= 0.3 is 5.97 Å². The summed E-state index contributed by atoms with van der Waals surface area (Å²) in [6, 6.07) is -9.98. The predicted octanol–water partition coefficient (Wildman–Crippen LogP) is 6.44. The number of esters is 1. The maximum absolute atomic E-state index is 15.5. The van der Waals surface area contributed by atoms with Crippen molar-refractivity contribution < 1.29 is 71.7 Å². The van der Waals surface area contributed by atoms with E-state index in [2.05, 4.69) is 10.2 Å². The summed E-state index contributed by atoms with van der Waals surface area (Å²) in [5.74, 6) is -12.6. The molecule has 2 fully saturated rings. The molecule has 14 atom stereocenters. The predicted molar refractivity (Wildman–Crippen MR) is 374 cm³/mol. The monoisotopic (exact) mass is 1370 g/mol. The van der Waals surface area contributed by atoms with Crippen molar-refractivity contribution in [3.63, 3.8) is 0 Å². The van der Waals surface area contributed by atoms with Crippen LogP contribution in [-0.2, 0) is 71.7 Å². The Balaban J connectivity index is 3.09. The second-order valence-corrected chi connectivity index (χ2v) is 29.8. The second kappa shape index (κ2) is 40.8. The van der Waals surface area contributed by atoms with Crippen LogP contribution in [0.5, 0.6) is 0 Å². The van der Waals surface area contributed by atoms with Gasteiger partial charge in [-0.15, -0.1) is 0 Å². The van der Waals surface area contributed by atoms with Crippen molar-refractivity contribution in [1.29, 1.82) is 0 Å². The standard InChI is InChI=1S/C73H127N9O15/c1-26-28-29-48(13)65(97-53(18)83)64-66(87)74-55(27-2)70(91)75(19)52(17)68(89)80(24)63(51(16)42-96-35-32-82-30-33-95-34-31-82)61(86)41-54(46(9)10)69(90)76(20)56(36-43(3)4)60(85)39-49(14)59(84)40-50(15)67(88)77(21)57(37-44(5)6)71(92)78(22)58(38-45(7)8)72(93)79(23)62(47(11)12)73(94)81(64)25/h26,28,43-52,54-58,62-65H,27,29-42H2,1-25H3,(H,74,87)/b28-26+/t48-,49-,50+,51-,52-,54+,55+,56+,57+,58+,62+,63+,64+,65-/m1/s1. The molecule has 0 bridgehead atoms. The summed E-state index contributed by atoms with van der Waals surface area (Å²) >= 11 is 0. The van der Waals surface area contributed by atoms with Gasteiger partial charge in [-0.25, -0.2) is 0 Å². The zero-order valence-electron chi connectivity index (χ0n) is 63.9. The lowest BCUT2D eigenvalue weighted by Gasteiger charge is -2.42. The normalized spacial score (nSPS) is 27.4. The number of nitrogens with zero attached hydrogens (tertiary/aromatic N) is 8. The van der Waals surface area contributed by atoms with E-state index in [-0.39, 0.29) is 87.3 Å². The third-order valence-electron chi connectivity index (χ3n) is 19.6. The Hall–Kier alpha value is -6.14. The van der Waals surface area contributed by atoms with Gasteiger partial charge in [0.25, 0.3) is 0 Å². The Morgan fingerprint density at radius 1 is 0.546 bits per heavy atom. The highest BCUT2D eigenvalue weighted by Gasteiger charge is 2.47. The fraction of sp³-hybridized carbons (Fsp3) is 0.808. The number of rotatable bonds is 20. The van der Waals surface area contributed by atoms with Crippen LogP contribution in [0.2, 0.25) is 0 Å². The average molecular weight is 1370 g/mol. The van der Waals surface area contributed by atoms with Crippen molar-refractivity contribution >= 4 is 70.6 Å². The lowest BCUT2D eigenvalue weighted by molar-refractivity contribution is -0.164. The molecule has 2 aliphatic heterocycles. The first kappa shape index (κ1) is 86.9. The maximum Gasteiger partial charge on any atom is 0.303 e. The molecule has 0 aromatic rings. The van der Waals surface area contributed by atoms with Gasteiger partial charge in [-0.05, 0) is 81.5 Å². The summed E-state index contributed by atoms with van der Waals surface area (Å²) in [4.78, 5) is 189. The smallest absolute Gasteiger partial charge is 0.303 e.